The molecule has 1 amide bonds. The van der Waals surface area contributed by atoms with E-state index in [0.29, 0.717) is 29.9 Å². The first-order valence-corrected chi connectivity index (χ1v) is 8.05. The fourth-order valence-electron chi connectivity index (χ4n) is 3.28. The number of aromatic nitrogens is 2. The minimum atomic E-state index is -0.275. The molecule has 0 radical (unpaired) electrons. The number of hydrogen-bond acceptors (Lipinski definition) is 3. The average Bonchev–Trinajstić information content (AvgIpc) is 3.12. The molecular formula is C19H17N3O2. The molecule has 3 aromatic rings. The van der Waals surface area contributed by atoms with E-state index in [0.717, 1.165) is 6.42 Å². The number of aromatic amines is 1. The quantitative estimate of drug-likeness (QED) is 0.789. The van der Waals surface area contributed by atoms with E-state index in [1.54, 1.807) is 23.1 Å². The highest BCUT2D eigenvalue weighted by Crippen LogP contribution is 2.27. The van der Waals surface area contributed by atoms with E-state index in [1.807, 2.05) is 24.3 Å². The molecule has 0 saturated carbocycles. The number of hydrogen-bond donors (Lipinski definition) is 1. The summed E-state index contributed by atoms with van der Waals surface area (Å²) in [6, 6.07) is 17.3. The zero-order chi connectivity index (χ0) is 16.5. The standard InChI is InChI=1S/C19H17N3O2/c23-18-15-8-4-5-9-16(15)20-17(21-18)19(24)22-11-10-14(12-22)13-6-2-1-3-7-13/h1-9,14H,10-12H2,(H,20,21,23)/t14-/m0/s1. The summed E-state index contributed by atoms with van der Waals surface area (Å²) in [6.45, 7) is 1.33. The maximum atomic E-state index is 12.7. The zero-order valence-corrected chi connectivity index (χ0v) is 13.1. The molecule has 5 heteroatoms. The summed E-state index contributed by atoms with van der Waals surface area (Å²) in [4.78, 5) is 33.6. The minimum Gasteiger partial charge on any atom is -0.335 e. The first kappa shape index (κ1) is 14.6. The summed E-state index contributed by atoms with van der Waals surface area (Å²) in [5, 5.41) is 0.498. The van der Waals surface area contributed by atoms with Crippen molar-refractivity contribution in [3.8, 4) is 0 Å². The second-order valence-electron chi connectivity index (χ2n) is 6.08. The van der Waals surface area contributed by atoms with Gasteiger partial charge in [0.25, 0.3) is 11.5 Å². The summed E-state index contributed by atoms with van der Waals surface area (Å²) in [5.74, 6) is 0.242. The van der Waals surface area contributed by atoms with Crippen LogP contribution in [0.3, 0.4) is 0 Å². The van der Waals surface area contributed by atoms with Crippen LogP contribution in [0.4, 0.5) is 0 Å². The number of nitrogens with zero attached hydrogens (tertiary/aromatic N) is 2. The lowest BCUT2D eigenvalue weighted by Crippen LogP contribution is -2.31. The molecule has 24 heavy (non-hydrogen) atoms. The molecule has 2 heterocycles. The van der Waals surface area contributed by atoms with Crippen LogP contribution in [0.25, 0.3) is 10.9 Å². The molecule has 1 saturated heterocycles. The molecule has 2 aromatic carbocycles. The van der Waals surface area contributed by atoms with Gasteiger partial charge in [0.15, 0.2) is 5.82 Å². The summed E-state index contributed by atoms with van der Waals surface area (Å²) < 4.78 is 0. The van der Waals surface area contributed by atoms with Gasteiger partial charge in [-0.15, -0.1) is 0 Å². The number of benzene rings is 2. The molecule has 5 nitrogen and oxygen atoms in total. The van der Waals surface area contributed by atoms with E-state index >= 15 is 0 Å². The van der Waals surface area contributed by atoms with Crippen LogP contribution in [0.15, 0.2) is 59.4 Å². The van der Waals surface area contributed by atoms with Gasteiger partial charge < -0.3 is 9.88 Å². The van der Waals surface area contributed by atoms with Crippen molar-refractivity contribution in [2.24, 2.45) is 0 Å². The number of nitrogens with one attached hydrogen (secondary N) is 1. The number of rotatable bonds is 2. The maximum Gasteiger partial charge on any atom is 0.289 e. The number of para-hydroxylation sites is 1. The number of H-pyrrole nitrogens is 1. The Hall–Kier alpha value is -2.95. The smallest absolute Gasteiger partial charge is 0.289 e. The summed E-state index contributed by atoms with van der Waals surface area (Å²) in [6.07, 6.45) is 0.924. The van der Waals surface area contributed by atoms with Crippen LogP contribution in [0.1, 0.15) is 28.5 Å². The normalized spacial score (nSPS) is 17.3. The van der Waals surface area contributed by atoms with Crippen LogP contribution in [0, 0.1) is 0 Å². The molecule has 1 fully saturated rings. The Morgan fingerprint density at radius 2 is 1.83 bits per heavy atom. The van der Waals surface area contributed by atoms with Crippen molar-refractivity contribution in [3.63, 3.8) is 0 Å². The Kier molecular flexibility index (Phi) is 3.61. The second-order valence-corrected chi connectivity index (χ2v) is 6.08. The van der Waals surface area contributed by atoms with Gasteiger partial charge in [0.2, 0.25) is 0 Å². The molecule has 120 valence electrons. The van der Waals surface area contributed by atoms with Gasteiger partial charge in [-0.25, -0.2) is 4.98 Å². The monoisotopic (exact) mass is 319 g/mol. The van der Waals surface area contributed by atoms with E-state index in [4.69, 9.17) is 0 Å². The van der Waals surface area contributed by atoms with Gasteiger partial charge in [0.1, 0.15) is 0 Å². The van der Waals surface area contributed by atoms with Gasteiger partial charge in [0, 0.05) is 19.0 Å². The van der Waals surface area contributed by atoms with Crippen molar-refractivity contribution in [1.29, 1.82) is 0 Å². The van der Waals surface area contributed by atoms with Gasteiger partial charge in [0.05, 0.1) is 10.9 Å². The first-order chi connectivity index (χ1) is 11.7. The Bertz CT molecular complexity index is 949. The van der Waals surface area contributed by atoms with Gasteiger partial charge in [-0.3, -0.25) is 9.59 Å². The van der Waals surface area contributed by atoms with Crippen molar-refractivity contribution in [2.75, 3.05) is 13.1 Å². The summed E-state index contributed by atoms with van der Waals surface area (Å²) in [5.41, 5.74) is 1.51. The first-order valence-electron chi connectivity index (χ1n) is 8.05. The van der Waals surface area contributed by atoms with Crippen LogP contribution in [-0.4, -0.2) is 33.9 Å². The molecular weight excluding hydrogens is 302 g/mol. The highest BCUT2D eigenvalue weighted by Gasteiger charge is 2.29. The number of carbonyl (C=O) groups is 1. The van der Waals surface area contributed by atoms with Crippen LogP contribution in [0.5, 0.6) is 0 Å². The highest BCUT2D eigenvalue weighted by molar-refractivity contribution is 5.92. The SMILES string of the molecule is O=C(c1nc2ccccc2c(=O)[nH]1)N1CC[C@H](c2ccccc2)C1. The van der Waals surface area contributed by atoms with Crippen LogP contribution in [-0.2, 0) is 0 Å². The van der Waals surface area contributed by atoms with Crippen molar-refractivity contribution in [3.05, 3.63) is 76.3 Å². The maximum absolute atomic E-state index is 12.7. The molecule has 1 N–H and O–H groups in total. The molecule has 1 atom stereocenters. The third kappa shape index (κ3) is 2.58. The largest absolute Gasteiger partial charge is 0.335 e. The highest BCUT2D eigenvalue weighted by atomic mass is 16.2. The molecule has 1 aromatic heterocycles. The van der Waals surface area contributed by atoms with Crippen molar-refractivity contribution in [2.45, 2.75) is 12.3 Å². The Labute approximate surface area is 139 Å². The van der Waals surface area contributed by atoms with Crippen LogP contribution in [0.2, 0.25) is 0 Å². The van der Waals surface area contributed by atoms with Crippen LogP contribution >= 0.6 is 0 Å². The molecule has 0 unspecified atom stereocenters. The third-order valence-corrected chi connectivity index (χ3v) is 4.56. The zero-order valence-electron chi connectivity index (χ0n) is 13.1. The van der Waals surface area contributed by atoms with Crippen LogP contribution < -0.4 is 5.56 Å². The number of carbonyl (C=O) groups excluding carboxylic acids is 1. The van der Waals surface area contributed by atoms with Gasteiger partial charge in [-0.05, 0) is 24.1 Å². The predicted molar refractivity (Wildman–Crippen MR) is 92.1 cm³/mol. The second kappa shape index (κ2) is 5.92. The van der Waals surface area contributed by atoms with E-state index < -0.39 is 0 Å². The molecule has 0 spiro atoms. The minimum absolute atomic E-state index is 0.118. The molecule has 0 bridgehead atoms. The Balaban J connectivity index is 1.60. The lowest BCUT2D eigenvalue weighted by Gasteiger charge is -2.16. The fraction of sp³-hybridized carbons (Fsp3) is 0.211. The topological polar surface area (TPSA) is 66.1 Å². The Morgan fingerprint density at radius 1 is 1.08 bits per heavy atom. The Morgan fingerprint density at radius 3 is 2.67 bits per heavy atom. The lowest BCUT2D eigenvalue weighted by atomic mass is 9.99. The summed E-state index contributed by atoms with van der Waals surface area (Å²) >= 11 is 0. The predicted octanol–water partition coefficient (Wildman–Crippen LogP) is 2.55. The molecule has 4 rings (SSSR count). The van der Waals surface area contributed by atoms with Crippen molar-refractivity contribution >= 4 is 16.8 Å². The number of likely N-dealkylation sites (tertiary alicyclic amines) is 1. The van der Waals surface area contributed by atoms with Gasteiger partial charge in [-0.1, -0.05) is 42.5 Å². The third-order valence-electron chi connectivity index (χ3n) is 4.56. The fourth-order valence-corrected chi connectivity index (χ4v) is 3.28. The van der Waals surface area contributed by atoms with E-state index in [-0.39, 0.29) is 17.3 Å². The molecule has 1 aliphatic heterocycles. The summed E-state index contributed by atoms with van der Waals surface area (Å²) in [7, 11) is 0. The van der Waals surface area contributed by atoms with E-state index in [2.05, 4.69) is 22.1 Å². The van der Waals surface area contributed by atoms with Crippen molar-refractivity contribution in [1.82, 2.24) is 14.9 Å². The van der Waals surface area contributed by atoms with Gasteiger partial charge >= 0.3 is 0 Å². The van der Waals surface area contributed by atoms with Crippen molar-refractivity contribution < 1.29 is 4.79 Å². The number of fused-ring (bicyclic) bond motifs is 1. The average molecular weight is 319 g/mol. The van der Waals surface area contributed by atoms with Gasteiger partial charge in [-0.2, -0.15) is 0 Å². The molecule has 1 aliphatic rings. The molecule has 0 aliphatic carbocycles. The van der Waals surface area contributed by atoms with E-state index in [1.165, 1.54) is 5.56 Å². The lowest BCUT2D eigenvalue weighted by molar-refractivity contribution is 0.0779. The van der Waals surface area contributed by atoms with E-state index in [9.17, 15) is 9.59 Å². The number of amides is 1.